The summed E-state index contributed by atoms with van der Waals surface area (Å²) < 4.78 is 30.5. The van der Waals surface area contributed by atoms with Gasteiger partial charge in [-0.3, -0.25) is 4.79 Å². The van der Waals surface area contributed by atoms with Crippen molar-refractivity contribution in [2.75, 3.05) is 13.7 Å². The number of methoxy groups -OCH3 is 1. The Labute approximate surface area is 236 Å². The largest absolute Gasteiger partial charge is 0.472 e. The van der Waals surface area contributed by atoms with Gasteiger partial charge in [0.25, 0.3) is 0 Å². The van der Waals surface area contributed by atoms with Crippen molar-refractivity contribution in [3.63, 3.8) is 0 Å². The zero-order chi connectivity index (χ0) is 28.8. The van der Waals surface area contributed by atoms with Crippen molar-refractivity contribution in [1.82, 2.24) is 0 Å². The van der Waals surface area contributed by atoms with Crippen LogP contribution in [0, 0.1) is 28.1 Å². The van der Waals surface area contributed by atoms with E-state index in [0.29, 0.717) is 12.2 Å². The lowest BCUT2D eigenvalue weighted by atomic mass is 9.40. The highest BCUT2D eigenvalue weighted by atomic mass is 16.6. The van der Waals surface area contributed by atoms with Gasteiger partial charge >= 0.3 is 11.9 Å². The second-order valence-electron chi connectivity index (χ2n) is 13.3. The molecule has 0 radical (unpaired) electrons. The van der Waals surface area contributed by atoms with Gasteiger partial charge in [-0.05, 0) is 50.3 Å². The van der Waals surface area contributed by atoms with Gasteiger partial charge in [0.2, 0.25) is 0 Å². The quantitative estimate of drug-likeness (QED) is 0.317. The minimum Gasteiger partial charge on any atom is -0.472 e. The molecule has 0 bridgehead atoms. The van der Waals surface area contributed by atoms with Crippen LogP contribution in [0.5, 0.6) is 0 Å². The minimum absolute atomic E-state index is 0.120. The first-order chi connectivity index (χ1) is 18.9. The summed E-state index contributed by atoms with van der Waals surface area (Å²) in [6, 6.07) is 2.01. The molecule has 0 aromatic carbocycles. The number of rotatable bonds is 5. The molecule has 6 rings (SSSR count). The topological polar surface area (TPSA) is 104 Å². The zero-order valence-electron chi connectivity index (χ0n) is 24.6. The van der Waals surface area contributed by atoms with E-state index >= 15 is 0 Å². The van der Waals surface area contributed by atoms with E-state index in [2.05, 4.69) is 27.7 Å². The van der Waals surface area contributed by atoms with Crippen molar-refractivity contribution in [1.29, 1.82) is 0 Å². The van der Waals surface area contributed by atoms with Crippen LogP contribution in [-0.2, 0) is 28.5 Å². The summed E-state index contributed by atoms with van der Waals surface area (Å²) in [6.45, 7) is 12.5. The third kappa shape index (κ3) is 3.48. The average molecular weight is 555 g/mol. The third-order valence-electron chi connectivity index (χ3n) is 11.7. The van der Waals surface area contributed by atoms with E-state index in [-0.39, 0.29) is 54.9 Å². The summed E-state index contributed by atoms with van der Waals surface area (Å²) in [5.41, 5.74) is 2.24. The second-order valence-corrected chi connectivity index (χ2v) is 13.3. The number of hydrogen-bond acceptors (Lipinski definition) is 8. The molecule has 2 aliphatic heterocycles. The van der Waals surface area contributed by atoms with Crippen molar-refractivity contribution in [2.45, 2.75) is 97.2 Å². The van der Waals surface area contributed by atoms with Crippen LogP contribution in [-0.4, -0.2) is 61.3 Å². The highest BCUT2D eigenvalue weighted by Gasteiger charge is 2.78. The van der Waals surface area contributed by atoms with Gasteiger partial charge in [-0.1, -0.05) is 32.4 Å². The fraction of sp³-hybridized carbons (Fsp3) is 0.688. The molecule has 5 aliphatic rings. The smallest absolute Gasteiger partial charge is 0.333 e. The maximum Gasteiger partial charge on any atom is 0.333 e. The summed E-state index contributed by atoms with van der Waals surface area (Å²) in [4.78, 5) is 26.4. The third-order valence-corrected chi connectivity index (χ3v) is 11.7. The van der Waals surface area contributed by atoms with Crippen molar-refractivity contribution in [3.8, 4) is 0 Å². The van der Waals surface area contributed by atoms with E-state index in [1.165, 1.54) is 18.3 Å². The molecular weight excluding hydrogens is 512 g/mol. The number of hydrogen-bond donors (Lipinski definition) is 1. The predicted molar refractivity (Wildman–Crippen MR) is 145 cm³/mol. The number of ether oxygens (including phenoxy) is 4. The normalized spacial score (nSPS) is 45.6. The Hall–Kier alpha value is -2.42. The maximum atomic E-state index is 13.2. The van der Waals surface area contributed by atoms with Crippen LogP contribution in [0.3, 0.4) is 0 Å². The molecule has 2 saturated carbocycles. The van der Waals surface area contributed by atoms with Gasteiger partial charge in [0.05, 0.1) is 50.7 Å². The van der Waals surface area contributed by atoms with Crippen molar-refractivity contribution < 1.29 is 38.1 Å². The molecule has 218 valence electrons. The Morgan fingerprint density at radius 2 is 1.98 bits per heavy atom. The first-order valence-electron chi connectivity index (χ1n) is 14.5. The van der Waals surface area contributed by atoms with Crippen LogP contribution in [0.2, 0.25) is 0 Å². The standard InChI is InChI=1S/C32H42O8/c1-8-16(2)29(35)40-23-13-22(33)30(4)15-38-26-27(30)31(23,5)21(12-24(34)36-7)32(6)25-17(3)19(18-9-10-37-14-18)11-20(25)39-28(26)32/h8-10,14,19-23,26-28,33H,11-13,15H2,1-7H3/b16-8+/t19-,20?,21?,22-,23+,26?,27?,28-,30-,31?,32?/m1/s1. The molecule has 3 aliphatic carbocycles. The Bertz CT molecular complexity index is 1260. The summed E-state index contributed by atoms with van der Waals surface area (Å²) >= 11 is 0. The number of esters is 2. The lowest BCUT2D eigenvalue weighted by Crippen LogP contribution is -2.70. The van der Waals surface area contributed by atoms with E-state index in [4.69, 9.17) is 23.4 Å². The van der Waals surface area contributed by atoms with E-state index in [1.54, 1.807) is 32.4 Å². The van der Waals surface area contributed by atoms with E-state index in [0.717, 1.165) is 12.0 Å². The number of allylic oxidation sites excluding steroid dienone is 2. The molecule has 1 aromatic heterocycles. The molecular formula is C32H42O8. The van der Waals surface area contributed by atoms with Crippen molar-refractivity contribution in [3.05, 3.63) is 47.0 Å². The number of aliphatic hydroxyl groups is 1. The number of aliphatic hydroxyl groups excluding tert-OH is 1. The maximum absolute atomic E-state index is 13.2. The van der Waals surface area contributed by atoms with Gasteiger partial charge in [0, 0.05) is 46.5 Å². The average Bonchev–Trinajstić information content (AvgIpc) is 3.70. The molecule has 0 amide bonds. The van der Waals surface area contributed by atoms with Crippen LogP contribution < -0.4 is 0 Å². The Balaban J connectivity index is 1.54. The molecule has 6 unspecified atom stereocenters. The molecule has 40 heavy (non-hydrogen) atoms. The fourth-order valence-corrected chi connectivity index (χ4v) is 9.66. The van der Waals surface area contributed by atoms with Gasteiger partial charge < -0.3 is 28.5 Å². The molecule has 1 aromatic rings. The van der Waals surface area contributed by atoms with Gasteiger partial charge in [0.15, 0.2) is 0 Å². The predicted octanol–water partition coefficient (Wildman–Crippen LogP) is 4.72. The van der Waals surface area contributed by atoms with Crippen LogP contribution in [0.1, 0.15) is 72.3 Å². The van der Waals surface area contributed by atoms with E-state index in [9.17, 15) is 14.7 Å². The first-order valence-corrected chi connectivity index (χ1v) is 14.5. The summed E-state index contributed by atoms with van der Waals surface area (Å²) in [6.07, 6.45) is 4.37. The van der Waals surface area contributed by atoms with Crippen LogP contribution >= 0.6 is 0 Å². The number of carbonyl (C=O) groups excluding carboxylic acids is 2. The highest BCUT2D eigenvalue weighted by Crippen LogP contribution is 2.73. The van der Waals surface area contributed by atoms with Gasteiger partial charge in [-0.25, -0.2) is 4.79 Å². The molecule has 0 spiro atoms. The zero-order valence-corrected chi connectivity index (χ0v) is 24.6. The molecule has 4 fully saturated rings. The fourth-order valence-electron chi connectivity index (χ4n) is 9.66. The first kappa shape index (κ1) is 27.7. The van der Waals surface area contributed by atoms with Crippen LogP contribution in [0.4, 0.5) is 0 Å². The Kier molecular flexibility index (Phi) is 6.45. The number of carbonyl (C=O) groups is 2. The Morgan fingerprint density at radius 3 is 2.62 bits per heavy atom. The molecule has 8 nitrogen and oxygen atoms in total. The lowest BCUT2D eigenvalue weighted by Gasteiger charge is -2.65. The summed E-state index contributed by atoms with van der Waals surface area (Å²) in [5.74, 6) is -1.02. The second kappa shape index (κ2) is 9.30. The molecule has 2 saturated heterocycles. The molecule has 11 atom stereocenters. The van der Waals surface area contributed by atoms with Crippen LogP contribution in [0.15, 0.2) is 45.8 Å². The van der Waals surface area contributed by atoms with Gasteiger partial charge in [-0.15, -0.1) is 0 Å². The van der Waals surface area contributed by atoms with Crippen LogP contribution in [0.25, 0.3) is 0 Å². The van der Waals surface area contributed by atoms with Gasteiger partial charge in [-0.2, -0.15) is 0 Å². The highest BCUT2D eigenvalue weighted by molar-refractivity contribution is 5.87. The molecule has 1 N–H and O–H groups in total. The summed E-state index contributed by atoms with van der Waals surface area (Å²) in [7, 11) is 1.42. The Morgan fingerprint density at radius 1 is 1.23 bits per heavy atom. The van der Waals surface area contributed by atoms with Gasteiger partial charge in [0.1, 0.15) is 6.10 Å². The van der Waals surface area contributed by atoms with Crippen molar-refractivity contribution in [2.24, 2.45) is 28.1 Å². The number of fused-ring (bicyclic) bond motifs is 4. The number of furan rings is 1. The van der Waals surface area contributed by atoms with E-state index < -0.39 is 34.4 Å². The molecule has 3 heterocycles. The van der Waals surface area contributed by atoms with Crippen molar-refractivity contribution >= 4 is 11.9 Å². The monoisotopic (exact) mass is 554 g/mol. The summed E-state index contributed by atoms with van der Waals surface area (Å²) in [5, 5.41) is 11.5. The molecule has 8 heteroatoms. The lowest BCUT2D eigenvalue weighted by molar-refractivity contribution is -0.248. The van der Waals surface area contributed by atoms with E-state index in [1.807, 2.05) is 6.07 Å². The SMILES string of the molecule is C/C=C(\C)C(=O)O[C@H]1C[C@@H](O)[C@@]2(C)COC3C2C1(C)C(CC(=O)OC)C1(C)C2=C(C)[C@H](c4ccoc4)CC2O[C@H]31. The minimum atomic E-state index is -0.727.